The number of alkyl halides is 3. The van der Waals surface area contributed by atoms with Crippen LogP contribution in [0.1, 0.15) is 0 Å². The average Bonchev–Trinajstić information content (AvgIpc) is 2.28. The Morgan fingerprint density at radius 1 is 1.43 bits per heavy atom. The van der Waals surface area contributed by atoms with Crippen molar-refractivity contribution in [2.45, 2.75) is 6.18 Å². The van der Waals surface area contributed by atoms with Gasteiger partial charge < -0.3 is 10.0 Å². The van der Waals surface area contributed by atoms with Crippen molar-refractivity contribution < 1.29 is 32.4 Å². The van der Waals surface area contributed by atoms with Gasteiger partial charge in [-0.3, -0.25) is 14.9 Å². The summed E-state index contributed by atoms with van der Waals surface area (Å²) in [4.78, 5) is 20.6. The molecule has 0 amide bonds. The quantitative estimate of drug-likeness (QED) is 0.486. The number of anilines is 1. The lowest BCUT2D eigenvalue weighted by Crippen LogP contribution is -2.38. The minimum absolute atomic E-state index is 0.177. The summed E-state index contributed by atoms with van der Waals surface area (Å²) >= 11 is 2.67. The molecule has 0 aliphatic heterocycles. The fourth-order valence-electron chi connectivity index (χ4n) is 1.53. The number of carbonyl (C=O) groups is 1. The van der Waals surface area contributed by atoms with Crippen molar-refractivity contribution in [2.75, 3.05) is 18.0 Å². The molecule has 1 aromatic carbocycles. The van der Waals surface area contributed by atoms with E-state index in [2.05, 4.69) is 15.9 Å². The van der Waals surface area contributed by atoms with Crippen LogP contribution < -0.4 is 4.90 Å². The fraction of sp³-hybridized carbons (Fsp3) is 0.300. The largest absolute Gasteiger partial charge is 0.480 e. The van der Waals surface area contributed by atoms with Crippen LogP contribution in [-0.2, 0) is 4.79 Å². The van der Waals surface area contributed by atoms with Crippen molar-refractivity contribution in [1.82, 2.24) is 0 Å². The van der Waals surface area contributed by atoms with Crippen LogP contribution in [0.25, 0.3) is 0 Å². The lowest BCUT2D eigenvalue weighted by atomic mass is 10.2. The van der Waals surface area contributed by atoms with E-state index >= 15 is 0 Å². The molecule has 0 aliphatic carbocycles. The summed E-state index contributed by atoms with van der Waals surface area (Å²) in [6, 6.07) is 1.16. The number of hydrogen-bond donors (Lipinski definition) is 1. The van der Waals surface area contributed by atoms with Crippen LogP contribution in [0.2, 0.25) is 0 Å². The molecular formula is C10H7BrF4N2O4. The Kier molecular flexibility index (Phi) is 5.10. The monoisotopic (exact) mass is 374 g/mol. The Morgan fingerprint density at radius 2 is 2.00 bits per heavy atom. The standard InChI is InChI=1S/C10H7BrF4N2O4/c11-5-1-8(17(20)21)7(2-6(5)12)16(3-9(18)19)4-10(13,14)15/h1-2H,3-4H2,(H,18,19). The lowest BCUT2D eigenvalue weighted by molar-refractivity contribution is -0.384. The molecule has 1 N–H and O–H groups in total. The van der Waals surface area contributed by atoms with E-state index in [-0.39, 0.29) is 9.37 Å². The Balaban J connectivity index is 3.38. The molecule has 0 aromatic heterocycles. The fourth-order valence-corrected chi connectivity index (χ4v) is 1.86. The molecule has 21 heavy (non-hydrogen) atoms. The minimum Gasteiger partial charge on any atom is -0.480 e. The van der Waals surface area contributed by atoms with E-state index in [9.17, 15) is 32.5 Å². The zero-order valence-electron chi connectivity index (χ0n) is 10.0. The first-order valence-corrected chi connectivity index (χ1v) is 5.97. The molecule has 0 unspecified atom stereocenters. The van der Waals surface area contributed by atoms with Gasteiger partial charge in [-0.2, -0.15) is 13.2 Å². The van der Waals surface area contributed by atoms with Crippen LogP contribution in [0, 0.1) is 15.9 Å². The second-order valence-electron chi connectivity index (χ2n) is 3.88. The van der Waals surface area contributed by atoms with Crippen LogP contribution in [0.15, 0.2) is 16.6 Å². The Hall–Kier alpha value is -1.91. The molecule has 0 radical (unpaired) electrons. The first kappa shape index (κ1) is 17.1. The van der Waals surface area contributed by atoms with Gasteiger partial charge in [0.25, 0.3) is 5.69 Å². The number of carboxylic acids is 1. The molecule has 0 atom stereocenters. The zero-order chi connectivity index (χ0) is 16.4. The molecule has 1 aromatic rings. The number of hydrogen-bond acceptors (Lipinski definition) is 4. The van der Waals surface area contributed by atoms with Gasteiger partial charge in [0.2, 0.25) is 0 Å². The average molecular weight is 375 g/mol. The smallest absolute Gasteiger partial charge is 0.405 e. The van der Waals surface area contributed by atoms with Gasteiger partial charge in [0.05, 0.1) is 9.40 Å². The summed E-state index contributed by atoms with van der Waals surface area (Å²) in [7, 11) is 0. The highest BCUT2D eigenvalue weighted by molar-refractivity contribution is 9.10. The second kappa shape index (κ2) is 6.24. The molecule has 0 saturated carbocycles. The number of benzene rings is 1. The van der Waals surface area contributed by atoms with Gasteiger partial charge in [-0.15, -0.1) is 0 Å². The summed E-state index contributed by atoms with van der Waals surface area (Å²) in [6.07, 6.45) is -4.81. The highest BCUT2D eigenvalue weighted by Gasteiger charge is 2.34. The van der Waals surface area contributed by atoms with Crippen molar-refractivity contribution in [3.05, 3.63) is 32.5 Å². The van der Waals surface area contributed by atoms with E-state index in [4.69, 9.17) is 5.11 Å². The minimum atomic E-state index is -4.81. The van der Waals surface area contributed by atoms with Crippen LogP contribution in [0.4, 0.5) is 28.9 Å². The third-order valence-corrected chi connectivity index (χ3v) is 2.86. The summed E-state index contributed by atoms with van der Waals surface area (Å²) in [5.41, 5.74) is -1.60. The number of rotatable bonds is 5. The van der Waals surface area contributed by atoms with E-state index in [0.717, 1.165) is 0 Å². The first-order valence-electron chi connectivity index (χ1n) is 5.18. The van der Waals surface area contributed by atoms with Crippen LogP contribution in [0.3, 0.4) is 0 Å². The van der Waals surface area contributed by atoms with E-state index in [1.165, 1.54) is 0 Å². The summed E-state index contributed by atoms with van der Waals surface area (Å²) in [5, 5.41) is 19.5. The summed E-state index contributed by atoms with van der Waals surface area (Å²) in [6.45, 7) is -2.93. The number of nitro groups is 1. The molecule has 0 saturated heterocycles. The van der Waals surface area contributed by atoms with Crippen molar-refractivity contribution in [3.8, 4) is 0 Å². The lowest BCUT2D eigenvalue weighted by Gasteiger charge is -2.24. The highest BCUT2D eigenvalue weighted by Crippen LogP contribution is 2.34. The van der Waals surface area contributed by atoms with Gasteiger partial charge in [-0.25, -0.2) is 4.39 Å². The molecule has 0 heterocycles. The predicted octanol–water partition coefficient (Wildman–Crippen LogP) is 2.95. The van der Waals surface area contributed by atoms with E-state index in [0.29, 0.717) is 12.1 Å². The topological polar surface area (TPSA) is 83.7 Å². The molecule has 0 aliphatic rings. The number of carboxylic acid groups (broad SMARTS) is 1. The van der Waals surface area contributed by atoms with Crippen molar-refractivity contribution in [2.24, 2.45) is 0 Å². The molecule has 0 bridgehead atoms. The van der Waals surface area contributed by atoms with E-state index in [1.54, 1.807) is 0 Å². The number of nitro benzene ring substituents is 1. The van der Waals surface area contributed by atoms with Crippen LogP contribution in [-0.4, -0.2) is 35.3 Å². The van der Waals surface area contributed by atoms with Gasteiger partial charge in [-0.05, 0) is 15.9 Å². The van der Waals surface area contributed by atoms with Gasteiger partial charge in [0.15, 0.2) is 0 Å². The maximum absolute atomic E-state index is 13.4. The molecule has 0 fully saturated rings. The number of nitrogens with zero attached hydrogens (tertiary/aromatic N) is 2. The molecule has 116 valence electrons. The van der Waals surface area contributed by atoms with Gasteiger partial charge in [-0.1, -0.05) is 0 Å². The summed E-state index contributed by atoms with van der Waals surface area (Å²) in [5.74, 6) is -2.69. The van der Waals surface area contributed by atoms with Crippen molar-refractivity contribution >= 4 is 33.3 Å². The van der Waals surface area contributed by atoms with Crippen molar-refractivity contribution in [1.29, 1.82) is 0 Å². The van der Waals surface area contributed by atoms with Gasteiger partial charge >= 0.3 is 12.1 Å². The Morgan fingerprint density at radius 3 is 2.43 bits per heavy atom. The SMILES string of the molecule is O=C(O)CN(CC(F)(F)F)c1cc(F)c(Br)cc1[N+](=O)[O-]. The van der Waals surface area contributed by atoms with Crippen LogP contribution in [0.5, 0.6) is 0 Å². The molecule has 6 nitrogen and oxygen atoms in total. The van der Waals surface area contributed by atoms with Crippen molar-refractivity contribution in [3.63, 3.8) is 0 Å². The third-order valence-electron chi connectivity index (χ3n) is 2.25. The summed E-state index contributed by atoms with van der Waals surface area (Å²) < 4.78 is 50.5. The molecular weight excluding hydrogens is 368 g/mol. The second-order valence-corrected chi connectivity index (χ2v) is 4.73. The number of aliphatic carboxylic acids is 1. The normalized spacial score (nSPS) is 11.3. The predicted molar refractivity (Wildman–Crippen MR) is 66.7 cm³/mol. The van der Waals surface area contributed by atoms with Gasteiger partial charge in [0.1, 0.15) is 24.6 Å². The maximum atomic E-state index is 13.4. The van der Waals surface area contributed by atoms with Crippen LogP contribution >= 0.6 is 15.9 Å². The Bertz CT molecular complexity index is 579. The Labute approximate surface area is 123 Å². The molecule has 11 heteroatoms. The highest BCUT2D eigenvalue weighted by atomic mass is 79.9. The zero-order valence-corrected chi connectivity index (χ0v) is 11.6. The third kappa shape index (κ3) is 4.85. The maximum Gasteiger partial charge on any atom is 0.405 e. The van der Waals surface area contributed by atoms with Gasteiger partial charge in [0, 0.05) is 12.1 Å². The first-order chi connectivity index (χ1) is 9.51. The number of halogens is 5. The molecule has 1 rings (SSSR count). The van der Waals surface area contributed by atoms with E-state index in [1.807, 2.05) is 0 Å². The van der Waals surface area contributed by atoms with E-state index < -0.39 is 47.4 Å². The molecule has 0 spiro atoms.